The van der Waals surface area contributed by atoms with E-state index in [0.717, 1.165) is 0 Å². The predicted molar refractivity (Wildman–Crippen MR) is 260 cm³/mol. The summed E-state index contributed by atoms with van der Waals surface area (Å²) in [6.07, 6.45) is -6.91. The minimum atomic E-state index is -1.34. The summed E-state index contributed by atoms with van der Waals surface area (Å²) in [5, 5.41) is 38.7. The number of ether oxygens (including phenoxy) is 13. The van der Waals surface area contributed by atoms with Gasteiger partial charge in [-0.3, -0.25) is 0 Å². The quantitative estimate of drug-likeness (QED) is 0.0898. The third kappa shape index (κ3) is 8.38. The van der Waals surface area contributed by atoms with Crippen molar-refractivity contribution in [3.63, 3.8) is 0 Å². The smallest absolute Gasteiger partial charge is 0.161 e. The summed E-state index contributed by atoms with van der Waals surface area (Å²) in [5.41, 5.74) is 4.19. The van der Waals surface area contributed by atoms with E-state index in [4.69, 9.17) is 61.6 Å². The van der Waals surface area contributed by atoms with Gasteiger partial charge < -0.3 is 76.9 Å². The third-order valence-corrected chi connectivity index (χ3v) is 13.7. The number of aliphatic hydroxyl groups is 3. The van der Waals surface area contributed by atoms with Crippen molar-refractivity contribution in [3.05, 3.63) is 136 Å². The fourth-order valence-corrected chi connectivity index (χ4v) is 10.3. The van der Waals surface area contributed by atoms with Gasteiger partial charge in [0.25, 0.3) is 0 Å². The first-order valence-electron chi connectivity index (χ1n) is 22.9. The fraction of sp³-hybridized carbons (Fsp3) is 0.345. The largest absolute Gasteiger partial charge is 0.497 e. The molecule has 0 spiro atoms. The Hall–Kier alpha value is -7.40. The zero-order valence-corrected chi connectivity index (χ0v) is 41.1. The number of rotatable bonds is 15. The van der Waals surface area contributed by atoms with Crippen LogP contribution in [0.15, 0.2) is 91.0 Å². The van der Waals surface area contributed by atoms with Gasteiger partial charge in [0.1, 0.15) is 58.6 Å². The van der Waals surface area contributed by atoms with Gasteiger partial charge >= 0.3 is 0 Å². The van der Waals surface area contributed by atoms with Crippen LogP contribution in [-0.4, -0.2) is 105 Å². The molecule has 0 radical (unpaired) electrons. The van der Waals surface area contributed by atoms with E-state index in [1.165, 1.54) is 35.5 Å². The van der Waals surface area contributed by atoms with E-state index in [0.29, 0.717) is 108 Å². The van der Waals surface area contributed by atoms with Gasteiger partial charge in [-0.25, -0.2) is 0 Å². The highest BCUT2D eigenvalue weighted by Gasteiger charge is 2.51. The Balaban J connectivity index is 1.37. The lowest BCUT2D eigenvalue weighted by Crippen LogP contribution is -2.40. The van der Waals surface area contributed by atoms with Crippen molar-refractivity contribution in [1.29, 1.82) is 0 Å². The number of hydrogen-bond donors (Lipinski definition) is 3. The van der Waals surface area contributed by atoms with Crippen LogP contribution < -0.4 is 61.6 Å². The molecule has 374 valence electrons. The van der Waals surface area contributed by atoms with Crippen molar-refractivity contribution < 1.29 is 76.9 Å². The number of fused-ring (bicyclic) bond motifs is 4. The lowest BCUT2D eigenvalue weighted by Gasteiger charge is -2.44. The Morgan fingerprint density at radius 3 is 1.39 bits per heavy atom. The van der Waals surface area contributed by atoms with Crippen LogP contribution >= 0.6 is 0 Å². The normalized spacial score (nSPS) is 21.9. The van der Waals surface area contributed by atoms with Gasteiger partial charge in [0.15, 0.2) is 46.7 Å². The van der Waals surface area contributed by atoms with Crippen LogP contribution in [-0.2, 0) is 6.42 Å². The van der Waals surface area contributed by atoms with Gasteiger partial charge in [-0.1, -0.05) is 24.3 Å². The Labute approximate surface area is 411 Å². The number of hydrogen-bond acceptors (Lipinski definition) is 16. The van der Waals surface area contributed by atoms with E-state index in [9.17, 15) is 15.3 Å². The van der Waals surface area contributed by atoms with Crippen LogP contribution in [0.25, 0.3) is 0 Å². The van der Waals surface area contributed by atoms with E-state index >= 15 is 0 Å². The van der Waals surface area contributed by atoms with Crippen molar-refractivity contribution in [3.8, 4) is 74.7 Å². The minimum absolute atomic E-state index is 0.0111. The first-order chi connectivity index (χ1) is 34.5. The summed E-state index contributed by atoms with van der Waals surface area (Å²) in [4.78, 5) is 0. The Morgan fingerprint density at radius 1 is 0.394 bits per heavy atom. The maximum Gasteiger partial charge on any atom is 0.161 e. The second-order valence-corrected chi connectivity index (χ2v) is 17.2. The number of methoxy groups -OCH3 is 10. The average Bonchev–Trinajstić information content (AvgIpc) is 3.41. The van der Waals surface area contributed by atoms with E-state index in [2.05, 4.69) is 0 Å². The molecule has 0 fully saturated rings. The molecule has 0 amide bonds. The molecule has 8 atom stereocenters. The molecule has 0 saturated carbocycles. The van der Waals surface area contributed by atoms with E-state index in [1.807, 2.05) is 18.2 Å². The summed E-state index contributed by atoms with van der Waals surface area (Å²) in [7, 11) is 15.4. The molecule has 9 rings (SSSR count). The second kappa shape index (κ2) is 20.1. The van der Waals surface area contributed by atoms with E-state index in [1.54, 1.807) is 108 Å². The standard InChI is InChI=1S/C55H58O16/c1-59-30-15-17-33(39(24-30)64-6)54-48(57)44(27-11-18-36(61-3)41(21-27)65-7)46-52(71-54)34-26-35(56)50(28-12-19-37(62-4)42(22-28)66-8)70-53(34)47(55(46)68-10)45-32-16-14-31(60-2)25-40(32)69-51(49(45)58)29-13-20-38(63-5)43(23-29)67-9/h11-25,35,44-45,48-51,54,56-58H,26H2,1-10H3. The van der Waals surface area contributed by atoms with Gasteiger partial charge in [-0.15, -0.1) is 0 Å². The van der Waals surface area contributed by atoms with Crippen molar-refractivity contribution in [2.24, 2.45) is 0 Å². The van der Waals surface area contributed by atoms with Crippen LogP contribution in [0, 0.1) is 0 Å². The minimum Gasteiger partial charge on any atom is -0.497 e. The molecule has 0 saturated heterocycles. The molecular weight excluding hydrogens is 917 g/mol. The molecule has 71 heavy (non-hydrogen) atoms. The molecule has 3 aliphatic rings. The topological polar surface area (TPSA) is 181 Å². The first kappa shape index (κ1) is 48.6. The first-order valence-corrected chi connectivity index (χ1v) is 22.9. The van der Waals surface area contributed by atoms with Crippen molar-refractivity contribution in [1.82, 2.24) is 0 Å². The molecule has 0 aliphatic carbocycles. The Morgan fingerprint density at radius 2 is 0.859 bits per heavy atom. The second-order valence-electron chi connectivity index (χ2n) is 17.2. The maximum atomic E-state index is 13.2. The molecule has 0 bridgehead atoms. The average molecular weight is 975 g/mol. The fourth-order valence-electron chi connectivity index (χ4n) is 10.3. The summed E-state index contributed by atoms with van der Waals surface area (Å²) >= 11 is 0. The lowest BCUT2D eigenvalue weighted by molar-refractivity contribution is -0.00706. The number of benzene rings is 6. The molecule has 3 heterocycles. The molecule has 8 unspecified atom stereocenters. The van der Waals surface area contributed by atoms with Gasteiger partial charge in [0.05, 0.1) is 77.2 Å². The summed E-state index contributed by atoms with van der Waals surface area (Å²) in [5.74, 6) is 3.54. The van der Waals surface area contributed by atoms with Crippen molar-refractivity contribution >= 4 is 0 Å². The molecule has 16 nitrogen and oxygen atoms in total. The molecule has 6 aromatic rings. The molecular formula is C55H58O16. The summed E-state index contributed by atoms with van der Waals surface area (Å²) in [6.45, 7) is 0. The highest BCUT2D eigenvalue weighted by molar-refractivity contribution is 5.71. The Kier molecular flexibility index (Phi) is 13.8. The molecule has 3 N–H and O–H groups in total. The van der Waals surface area contributed by atoms with Crippen LogP contribution in [0.1, 0.15) is 74.7 Å². The highest BCUT2D eigenvalue weighted by atomic mass is 16.5. The third-order valence-electron chi connectivity index (χ3n) is 13.7. The van der Waals surface area contributed by atoms with Gasteiger partial charge in [-0.05, 0) is 71.3 Å². The van der Waals surface area contributed by atoms with Crippen LogP contribution in [0.4, 0.5) is 0 Å². The molecule has 6 aromatic carbocycles. The number of aliphatic hydroxyl groups excluding tert-OH is 3. The monoisotopic (exact) mass is 974 g/mol. The predicted octanol–water partition coefficient (Wildman–Crippen LogP) is 8.06. The van der Waals surface area contributed by atoms with E-state index in [-0.39, 0.29) is 17.9 Å². The molecule has 16 heteroatoms. The van der Waals surface area contributed by atoms with Crippen molar-refractivity contribution in [2.45, 2.75) is 54.9 Å². The van der Waals surface area contributed by atoms with Crippen molar-refractivity contribution in [2.75, 3.05) is 71.1 Å². The zero-order valence-electron chi connectivity index (χ0n) is 41.1. The van der Waals surface area contributed by atoms with E-state index < -0.39 is 48.5 Å². The summed E-state index contributed by atoms with van der Waals surface area (Å²) in [6, 6.07) is 26.7. The van der Waals surface area contributed by atoms with Crippen LogP contribution in [0.3, 0.4) is 0 Å². The summed E-state index contributed by atoms with van der Waals surface area (Å²) < 4.78 is 79.0. The lowest BCUT2D eigenvalue weighted by atomic mass is 9.73. The van der Waals surface area contributed by atoms with Crippen LogP contribution in [0.5, 0.6) is 74.7 Å². The van der Waals surface area contributed by atoms with Gasteiger partial charge in [0, 0.05) is 58.2 Å². The molecule has 3 aliphatic heterocycles. The Bertz CT molecular complexity index is 2920. The molecule has 0 aromatic heterocycles. The highest BCUT2D eigenvalue weighted by Crippen LogP contribution is 2.62. The zero-order chi connectivity index (χ0) is 50.2. The SMILES string of the molecule is COc1ccc(C2Oc3c4c(c(C5c6ccc(OC)cc6OC(c6ccc(OC)c(OC)c6)C5O)c(OC)c3C(c3ccc(OC)c(OC)c3)C2O)OC(c2ccc(OC)c(OC)c2)C(O)C4)c(OC)c1. The van der Waals surface area contributed by atoms with Crippen LogP contribution in [0.2, 0.25) is 0 Å². The van der Waals surface area contributed by atoms with Gasteiger partial charge in [-0.2, -0.15) is 0 Å². The van der Waals surface area contributed by atoms with Gasteiger partial charge in [0.2, 0.25) is 0 Å². The maximum absolute atomic E-state index is 13.2.